The van der Waals surface area contributed by atoms with E-state index in [2.05, 4.69) is 60.0 Å². The van der Waals surface area contributed by atoms with E-state index in [1.165, 1.54) is 5.56 Å². The molecule has 1 aliphatic heterocycles. The molecule has 0 saturated carbocycles. The predicted octanol–water partition coefficient (Wildman–Crippen LogP) is 3.71. The molecule has 0 aliphatic carbocycles. The molecule has 2 aromatic heterocycles. The van der Waals surface area contributed by atoms with Crippen LogP contribution in [-0.4, -0.2) is 57.0 Å². The van der Waals surface area contributed by atoms with Gasteiger partial charge in [0.1, 0.15) is 5.60 Å². The number of hydrogen-bond donors (Lipinski definition) is 2. The first-order chi connectivity index (χ1) is 15.5. The fourth-order valence-corrected chi connectivity index (χ4v) is 4.79. The molecule has 0 spiro atoms. The van der Waals surface area contributed by atoms with Gasteiger partial charge in [-0.1, -0.05) is 64.0 Å². The van der Waals surface area contributed by atoms with Gasteiger partial charge in [0.2, 0.25) is 0 Å². The van der Waals surface area contributed by atoms with Gasteiger partial charge in [-0.2, -0.15) is 4.98 Å². The van der Waals surface area contributed by atoms with Gasteiger partial charge in [-0.15, -0.1) is 0 Å². The molecule has 4 rings (SSSR count). The molecule has 1 fully saturated rings. The van der Waals surface area contributed by atoms with Gasteiger partial charge in [-0.05, 0) is 30.2 Å². The minimum Gasteiger partial charge on any atom is -0.395 e. The van der Waals surface area contributed by atoms with Crippen molar-refractivity contribution >= 4 is 0 Å². The topological polar surface area (TPSA) is 95.5 Å². The SMILES string of the molecule is CC(C)c1ccc([C@](O)(c2cncc(-c3nc(C(C)(C)CO)no3)c2)C2(C)CN(C)C2)cc1. The summed E-state index contributed by atoms with van der Waals surface area (Å²) in [4.78, 5) is 11.1. The third-order valence-electron chi connectivity index (χ3n) is 6.94. The Bertz CT molecular complexity index is 1120. The number of aliphatic hydroxyl groups is 2. The monoisotopic (exact) mass is 450 g/mol. The van der Waals surface area contributed by atoms with Gasteiger partial charge < -0.3 is 19.6 Å². The number of rotatable bonds is 7. The van der Waals surface area contributed by atoms with E-state index in [0.29, 0.717) is 28.8 Å². The summed E-state index contributed by atoms with van der Waals surface area (Å²) in [6.07, 6.45) is 3.38. The molecule has 1 atom stereocenters. The van der Waals surface area contributed by atoms with Crippen LogP contribution < -0.4 is 0 Å². The predicted molar refractivity (Wildman–Crippen MR) is 127 cm³/mol. The first-order valence-corrected chi connectivity index (χ1v) is 11.4. The Morgan fingerprint density at radius 3 is 2.36 bits per heavy atom. The highest BCUT2D eigenvalue weighted by Crippen LogP contribution is 2.50. The zero-order chi connectivity index (χ0) is 24.0. The average Bonchev–Trinajstić information content (AvgIpc) is 3.29. The average molecular weight is 451 g/mol. The van der Waals surface area contributed by atoms with E-state index in [0.717, 1.165) is 18.7 Å². The lowest BCUT2D eigenvalue weighted by Gasteiger charge is -2.55. The van der Waals surface area contributed by atoms with Gasteiger partial charge in [0, 0.05) is 36.5 Å². The second-order valence-electron chi connectivity index (χ2n) is 10.6. The molecule has 3 heterocycles. The molecule has 1 saturated heterocycles. The Labute approximate surface area is 195 Å². The summed E-state index contributed by atoms with van der Waals surface area (Å²) in [7, 11) is 2.06. The molecular formula is C26H34N4O3. The smallest absolute Gasteiger partial charge is 0.259 e. The lowest BCUT2D eigenvalue weighted by Crippen LogP contribution is -2.63. The summed E-state index contributed by atoms with van der Waals surface area (Å²) in [6, 6.07) is 10.1. The van der Waals surface area contributed by atoms with E-state index in [1.54, 1.807) is 12.4 Å². The minimum absolute atomic E-state index is 0.0950. The molecule has 0 amide bonds. The molecule has 1 aromatic carbocycles. The molecule has 1 aliphatic rings. The molecule has 33 heavy (non-hydrogen) atoms. The molecular weight excluding hydrogens is 416 g/mol. The third-order valence-corrected chi connectivity index (χ3v) is 6.94. The van der Waals surface area contributed by atoms with Gasteiger partial charge in [0.05, 0.1) is 17.6 Å². The van der Waals surface area contributed by atoms with Gasteiger partial charge in [-0.25, -0.2) is 0 Å². The van der Waals surface area contributed by atoms with E-state index < -0.39 is 11.0 Å². The third kappa shape index (κ3) is 3.98. The summed E-state index contributed by atoms with van der Waals surface area (Å²) < 4.78 is 5.50. The summed E-state index contributed by atoms with van der Waals surface area (Å²) in [5, 5.41) is 26.0. The maximum Gasteiger partial charge on any atom is 0.259 e. The van der Waals surface area contributed by atoms with E-state index in [-0.39, 0.29) is 12.0 Å². The van der Waals surface area contributed by atoms with Crippen LogP contribution in [0.1, 0.15) is 63.1 Å². The Balaban J connectivity index is 1.79. The van der Waals surface area contributed by atoms with Crippen LogP contribution in [0.25, 0.3) is 11.5 Å². The second-order valence-corrected chi connectivity index (χ2v) is 10.6. The fourth-order valence-electron chi connectivity index (χ4n) is 4.79. The number of nitrogens with zero attached hydrogens (tertiary/aromatic N) is 4. The fraction of sp³-hybridized carbons (Fsp3) is 0.500. The van der Waals surface area contributed by atoms with Crippen LogP contribution in [0.2, 0.25) is 0 Å². The maximum atomic E-state index is 12.4. The van der Waals surface area contributed by atoms with E-state index in [1.807, 2.05) is 32.0 Å². The molecule has 176 valence electrons. The van der Waals surface area contributed by atoms with Crippen LogP contribution in [0.5, 0.6) is 0 Å². The van der Waals surface area contributed by atoms with Crippen LogP contribution >= 0.6 is 0 Å². The molecule has 7 heteroatoms. The molecule has 2 N–H and O–H groups in total. The van der Waals surface area contributed by atoms with Crippen molar-refractivity contribution in [3.8, 4) is 11.5 Å². The number of pyridine rings is 1. The van der Waals surface area contributed by atoms with Crippen LogP contribution in [0.3, 0.4) is 0 Å². The van der Waals surface area contributed by atoms with E-state index in [9.17, 15) is 10.2 Å². The van der Waals surface area contributed by atoms with Crippen molar-refractivity contribution in [3.63, 3.8) is 0 Å². The minimum atomic E-state index is -1.24. The zero-order valence-electron chi connectivity index (χ0n) is 20.3. The lowest BCUT2D eigenvalue weighted by molar-refractivity contribution is -0.127. The summed E-state index contributed by atoms with van der Waals surface area (Å²) in [5.41, 5.74) is 1.15. The molecule has 0 bridgehead atoms. The largest absolute Gasteiger partial charge is 0.395 e. The molecule has 7 nitrogen and oxygen atoms in total. The van der Waals surface area contributed by atoms with Crippen molar-refractivity contribution < 1.29 is 14.7 Å². The molecule has 3 aromatic rings. The van der Waals surface area contributed by atoms with Gasteiger partial charge in [0.25, 0.3) is 5.89 Å². The van der Waals surface area contributed by atoms with Crippen LogP contribution in [0.15, 0.2) is 47.2 Å². The van der Waals surface area contributed by atoms with Crippen LogP contribution in [-0.2, 0) is 11.0 Å². The quantitative estimate of drug-likeness (QED) is 0.566. The van der Waals surface area contributed by atoms with Crippen molar-refractivity contribution in [2.45, 2.75) is 51.6 Å². The Morgan fingerprint density at radius 2 is 1.79 bits per heavy atom. The van der Waals surface area contributed by atoms with Gasteiger partial charge in [-0.3, -0.25) is 4.98 Å². The highest BCUT2D eigenvalue weighted by atomic mass is 16.5. The van der Waals surface area contributed by atoms with Crippen molar-refractivity contribution in [2.75, 3.05) is 26.7 Å². The number of likely N-dealkylation sites (tertiary alicyclic amines) is 1. The Morgan fingerprint density at radius 1 is 1.12 bits per heavy atom. The summed E-state index contributed by atoms with van der Waals surface area (Å²) >= 11 is 0. The number of aliphatic hydroxyl groups excluding tert-OH is 1. The van der Waals surface area contributed by atoms with Crippen molar-refractivity contribution in [2.24, 2.45) is 5.41 Å². The van der Waals surface area contributed by atoms with Crippen LogP contribution in [0.4, 0.5) is 0 Å². The van der Waals surface area contributed by atoms with Crippen LogP contribution in [0, 0.1) is 5.41 Å². The lowest BCUT2D eigenvalue weighted by atomic mass is 9.62. The van der Waals surface area contributed by atoms with Gasteiger partial charge in [0.15, 0.2) is 5.82 Å². The first-order valence-electron chi connectivity index (χ1n) is 11.4. The molecule has 0 radical (unpaired) electrons. The summed E-state index contributed by atoms with van der Waals surface area (Å²) in [5.74, 6) is 1.16. The molecule has 0 unspecified atom stereocenters. The highest BCUT2D eigenvalue weighted by Gasteiger charge is 2.55. The standard InChI is InChI=1S/C26H34N4O3/c1-17(2)18-7-9-20(10-8-18)26(32,25(5)14-30(6)15-25)21-11-19(12-27-13-21)22-28-23(29-33-22)24(3,4)16-31/h7-13,17,31-32H,14-16H2,1-6H3/t26-/m0/s1. The van der Waals surface area contributed by atoms with Crippen molar-refractivity contribution in [3.05, 3.63) is 65.2 Å². The highest BCUT2D eigenvalue weighted by molar-refractivity contribution is 5.55. The van der Waals surface area contributed by atoms with E-state index >= 15 is 0 Å². The van der Waals surface area contributed by atoms with Gasteiger partial charge >= 0.3 is 0 Å². The first kappa shape index (κ1) is 23.5. The normalized spacial score (nSPS) is 18.2. The van der Waals surface area contributed by atoms with Crippen molar-refractivity contribution in [1.82, 2.24) is 20.0 Å². The zero-order valence-corrected chi connectivity index (χ0v) is 20.3. The number of hydrogen-bond acceptors (Lipinski definition) is 7. The summed E-state index contributed by atoms with van der Waals surface area (Å²) in [6.45, 7) is 11.6. The number of aromatic nitrogens is 3. The van der Waals surface area contributed by atoms with E-state index in [4.69, 9.17) is 4.52 Å². The Hall–Kier alpha value is -2.61. The Kier molecular flexibility index (Phi) is 5.93. The van der Waals surface area contributed by atoms with Crippen molar-refractivity contribution in [1.29, 1.82) is 0 Å². The maximum absolute atomic E-state index is 12.4. The second kappa shape index (κ2) is 8.31. The number of benzene rings is 1.